The Balaban J connectivity index is 1.71. The number of hydrogen-bond donors (Lipinski definition) is 1. The van der Waals surface area contributed by atoms with Crippen LogP contribution in [0.25, 0.3) is 0 Å². The van der Waals surface area contributed by atoms with Gasteiger partial charge in [-0.2, -0.15) is 0 Å². The van der Waals surface area contributed by atoms with Crippen molar-refractivity contribution in [2.45, 2.75) is 25.0 Å². The number of carbonyl (C=O) groups is 1. The number of hydrogen-bond acceptors (Lipinski definition) is 3. The molecule has 2 N–H and O–H groups in total. The average Bonchev–Trinajstić information content (AvgIpc) is 2.60. The van der Waals surface area contributed by atoms with Gasteiger partial charge in [0.1, 0.15) is 0 Å². The van der Waals surface area contributed by atoms with E-state index >= 15 is 0 Å². The Morgan fingerprint density at radius 3 is 2.70 bits per heavy atom. The standard InChI is InChI=1S/C19H20N2O2/c20-15-11-14-6-2-4-8-17(14)21(12-15)19(22)18-16-7-3-1-5-13(16)9-10-23-18/h1-8,15,18H,9-12,20H2. The van der Waals surface area contributed by atoms with E-state index in [1.807, 2.05) is 42.5 Å². The molecule has 0 spiro atoms. The first-order chi connectivity index (χ1) is 11.2. The van der Waals surface area contributed by atoms with Gasteiger partial charge in [-0.05, 0) is 35.6 Å². The Kier molecular flexibility index (Phi) is 3.63. The molecule has 2 unspecified atom stereocenters. The van der Waals surface area contributed by atoms with E-state index in [1.165, 1.54) is 5.56 Å². The van der Waals surface area contributed by atoms with Crippen molar-refractivity contribution in [1.82, 2.24) is 0 Å². The minimum Gasteiger partial charge on any atom is -0.363 e. The molecule has 2 heterocycles. The van der Waals surface area contributed by atoms with Crippen molar-refractivity contribution in [1.29, 1.82) is 0 Å². The third-order valence-electron chi connectivity index (χ3n) is 4.67. The summed E-state index contributed by atoms with van der Waals surface area (Å²) in [6.07, 6.45) is 1.14. The molecule has 0 radical (unpaired) electrons. The number of para-hydroxylation sites is 1. The van der Waals surface area contributed by atoms with Crippen molar-refractivity contribution in [3.8, 4) is 0 Å². The van der Waals surface area contributed by atoms with Gasteiger partial charge in [-0.15, -0.1) is 0 Å². The lowest BCUT2D eigenvalue weighted by atomic mass is 9.94. The number of rotatable bonds is 1. The predicted octanol–water partition coefficient (Wildman–Crippen LogP) is 2.22. The Morgan fingerprint density at radius 2 is 1.83 bits per heavy atom. The highest BCUT2D eigenvalue weighted by molar-refractivity contribution is 5.98. The smallest absolute Gasteiger partial charge is 0.260 e. The second kappa shape index (κ2) is 5.80. The van der Waals surface area contributed by atoms with E-state index in [4.69, 9.17) is 10.5 Å². The van der Waals surface area contributed by atoms with Crippen LogP contribution in [0.2, 0.25) is 0 Å². The van der Waals surface area contributed by atoms with Gasteiger partial charge in [-0.3, -0.25) is 4.79 Å². The van der Waals surface area contributed by atoms with Gasteiger partial charge >= 0.3 is 0 Å². The zero-order valence-electron chi connectivity index (χ0n) is 12.9. The molecule has 0 fully saturated rings. The molecule has 2 aliphatic heterocycles. The third-order valence-corrected chi connectivity index (χ3v) is 4.67. The van der Waals surface area contributed by atoms with Crippen LogP contribution in [0.5, 0.6) is 0 Å². The summed E-state index contributed by atoms with van der Waals surface area (Å²) in [5, 5.41) is 0. The first-order valence-corrected chi connectivity index (χ1v) is 8.08. The molecule has 4 heteroatoms. The molecule has 118 valence electrons. The first kappa shape index (κ1) is 14.4. The molecule has 2 aromatic carbocycles. The molecule has 4 nitrogen and oxygen atoms in total. The van der Waals surface area contributed by atoms with Gasteiger partial charge in [0, 0.05) is 18.3 Å². The lowest BCUT2D eigenvalue weighted by Gasteiger charge is -2.36. The third kappa shape index (κ3) is 2.54. The van der Waals surface area contributed by atoms with Gasteiger partial charge in [0.2, 0.25) is 0 Å². The highest BCUT2D eigenvalue weighted by Gasteiger charge is 2.34. The molecule has 0 aromatic heterocycles. The monoisotopic (exact) mass is 308 g/mol. The first-order valence-electron chi connectivity index (χ1n) is 8.08. The Labute approximate surface area is 135 Å². The normalized spacial score (nSPS) is 23.1. The van der Waals surface area contributed by atoms with Crippen molar-refractivity contribution in [3.63, 3.8) is 0 Å². The van der Waals surface area contributed by atoms with Crippen LogP contribution in [0, 0.1) is 0 Å². The number of anilines is 1. The van der Waals surface area contributed by atoms with Crippen molar-refractivity contribution >= 4 is 11.6 Å². The Morgan fingerprint density at radius 1 is 1.09 bits per heavy atom. The van der Waals surface area contributed by atoms with Gasteiger partial charge in [-0.1, -0.05) is 42.5 Å². The average molecular weight is 308 g/mol. The minimum absolute atomic E-state index is 0.0141. The van der Waals surface area contributed by atoms with E-state index in [9.17, 15) is 4.79 Å². The van der Waals surface area contributed by atoms with Gasteiger partial charge in [0.15, 0.2) is 6.10 Å². The van der Waals surface area contributed by atoms with Crippen LogP contribution >= 0.6 is 0 Å². The van der Waals surface area contributed by atoms with Crippen LogP contribution in [-0.2, 0) is 22.4 Å². The van der Waals surface area contributed by atoms with Crippen molar-refractivity contribution in [3.05, 3.63) is 65.2 Å². The van der Waals surface area contributed by atoms with Gasteiger partial charge < -0.3 is 15.4 Å². The zero-order chi connectivity index (χ0) is 15.8. The van der Waals surface area contributed by atoms with Crippen LogP contribution in [-0.4, -0.2) is 25.1 Å². The van der Waals surface area contributed by atoms with E-state index < -0.39 is 6.10 Å². The predicted molar refractivity (Wildman–Crippen MR) is 89.3 cm³/mol. The number of fused-ring (bicyclic) bond motifs is 2. The van der Waals surface area contributed by atoms with Crippen LogP contribution in [0.1, 0.15) is 22.8 Å². The van der Waals surface area contributed by atoms with Crippen molar-refractivity contribution in [2.24, 2.45) is 5.73 Å². The number of ether oxygens (including phenoxy) is 1. The van der Waals surface area contributed by atoms with E-state index in [-0.39, 0.29) is 11.9 Å². The zero-order valence-corrected chi connectivity index (χ0v) is 12.9. The number of nitrogens with zero attached hydrogens (tertiary/aromatic N) is 1. The molecular weight excluding hydrogens is 288 g/mol. The summed E-state index contributed by atoms with van der Waals surface area (Å²) in [7, 11) is 0. The molecule has 0 aliphatic carbocycles. The fourth-order valence-electron chi connectivity index (χ4n) is 3.58. The lowest BCUT2D eigenvalue weighted by Crippen LogP contribution is -2.48. The van der Waals surface area contributed by atoms with Crippen molar-refractivity contribution < 1.29 is 9.53 Å². The number of carbonyl (C=O) groups excluding carboxylic acids is 1. The van der Waals surface area contributed by atoms with Gasteiger partial charge in [0.25, 0.3) is 5.91 Å². The highest BCUT2D eigenvalue weighted by Crippen LogP contribution is 2.33. The molecular formula is C19H20N2O2. The summed E-state index contributed by atoms with van der Waals surface area (Å²) in [6.45, 7) is 1.12. The largest absolute Gasteiger partial charge is 0.363 e. The van der Waals surface area contributed by atoms with Crippen molar-refractivity contribution in [2.75, 3.05) is 18.1 Å². The summed E-state index contributed by atoms with van der Waals surface area (Å²) in [5.74, 6) is -0.0141. The molecule has 23 heavy (non-hydrogen) atoms. The molecule has 2 aromatic rings. The minimum atomic E-state index is -0.529. The second-order valence-electron chi connectivity index (χ2n) is 6.24. The SMILES string of the molecule is NC1Cc2ccccc2N(C(=O)C2OCCc3ccccc32)C1. The second-order valence-corrected chi connectivity index (χ2v) is 6.24. The van der Waals surface area contributed by atoms with Gasteiger partial charge in [0.05, 0.1) is 6.61 Å². The fourth-order valence-corrected chi connectivity index (χ4v) is 3.58. The Bertz CT molecular complexity index is 744. The molecule has 2 aliphatic rings. The summed E-state index contributed by atoms with van der Waals surface area (Å²) in [5.41, 5.74) is 10.4. The van der Waals surface area contributed by atoms with Crippen LogP contribution in [0.4, 0.5) is 5.69 Å². The molecule has 4 rings (SSSR count). The quantitative estimate of drug-likeness (QED) is 0.879. The van der Waals surface area contributed by atoms with E-state index in [1.54, 1.807) is 4.90 Å². The molecule has 0 bridgehead atoms. The lowest BCUT2D eigenvalue weighted by molar-refractivity contribution is -0.131. The molecule has 0 saturated carbocycles. The van der Waals surface area contributed by atoms with Gasteiger partial charge in [-0.25, -0.2) is 0 Å². The maximum atomic E-state index is 13.2. The molecule has 0 saturated heterocycles. The summed E-state index contributed by atoms with van der Waals surface area (Å²) in [6, 6.07) is 16.0. The van der Waals surface area contributed by atoms with Crippen LogP contribution in [0.15, 0.2) is 48.5 Å². The van der Waals surface area contributed by atoms with E-state index in [2.05, 4.69) is 6.07 Å². The van der Waals surface area contributed by atoms with Crippen LogP contribution in [0.3, 0.4) is 0 Å². The number of amides is 1. The summed E-state index contributed by atoms with van der Waals surface area (Å²) < 4.78 is 5.84. The highest BCUT2D eigenvalue weighted by atomic mass is 16.5. The molecule has 2 atom stereocenters. The van der Waals surface area contributed by atoms with E-state index in [0.29, 0.717) is 13.2 Å². The summed E-state index contributed by atoms with van der Waals surface area (Å²) >= 11 is 0. The number of benzene rings is 2. The fraction of sp³-hybridized carbons (Fsp3) is 0.316. The maximum absolute atomic E-state index is 13.2. The number of nitrogens with two attached hydrogens (primary N) is 1. The van der Waals surface area contributed by atoms with Crippen LogP contribution < -0.4 is 10.6 Å². The Hall–Kier alpha value is -2.17. The maximum Gasteiger partial charge on any atom is 0.260 e. The molecule has 1 amide bonds. The topological polar surface area (TPSA) is 55.6 Å². The summed E-state index contributed by atoms with van der Waals surface area (Å²) in [4.78, 5) is 15.0. The van der Waals surface area contributed by atoms with E-state index in [0.717, 1.165) is 29.7 Å².